The number of nitrogens with zero attached hydrogens (tertiary/aromatic N) is 3. The van der Waals surface area contributed by atoms with Crippen molar-refractivity contribution in [3.05, 3.63) is 30.2 Å². The van der Waals surface area contributed by atoms with Crippen LogP contribution in [0.3, 0.4) is 0 Å². The second-order valence-corrected chi connectivity index (χ2v) is 3.70. The molecule has 1 N–H and O–H groups in total. The van der Waals surface area contributed by atoms with E-state index < -0.39 is 0 Å². The van der Waals surface area contributed by atoms with Gasteiger partial charge in [0.2, 0.25) is 0 Å². The van der Waals surface area contributed by atoms with Crippen molar-refractivity contribution in [2.75, 3.05) is 0 Å². The summed E-state index contributed by atoms with van der Waals surface area (Å²) in [7, 11) is 0. The van der Waals surface area contributed by atoms with Gasteiger partial charge < -0.3 is 5.32 Å². The van der Waals surface area contributed by atoms with Crippen molar-refractivity contribution in [3.8, 4) is 0 Å². The molecule has 0 unspecified atom stereocenters. The van der Waals surface area contributed by atoms with E-state index in [0.29, 0.717) is 17.4 Å². The van der Waals surface area contributed by atoms with E-state index in [1.165, 1.54) is 0 Å². The minimum absolute atomic E-state index is 0.108. The summed E-state index contributed by atoms with van der Waals surface area (Å²) in [4.78, 5) is 15.7. The van der Waals surface area contributed by atoms with E-state index in [2.05, 4.69) is 15.4 Å². The van der Waals surface area contributed by atoms with E-state index in [1.807, 2.05) is 0 Å². The van der Waals surface area contributed by atoms with Crippen molar-refractivity contribution < 1.29 is 4.79 Å². The lowest BCUT2D eigenvalue weighted by molar-refractivity contribution is 0.0946. The summed E-state index contributed by atoms with van der Waals surface area (Å²) in [6.45, 7) is 0. The Labute approximate surface area is 86.1 Å². The van der Waals surface area contributed by atoms with Crippen LogP contribution in [0.2, 0.25) is 0 Å². The monoisotopic (exact) mass is 202 g/mol. The number of fused-ring (bicyclic) bond motifs is 1. The summed E-state index contributed by atoms with van der Waals surface area (Å²) in [6.07, 6.45) is 5.62. The maximum Gasteiger partial charge on any atom is 0.272 e. The Hall–Kier alpha value is -1.91. The van der Waals surface area contributed by atoms with Crippen LogP contribution < -0.4 is 5.32 Å². The number of hydrogen-bond acceptors (Lipinski definition) is 3. The molecule has 0 spiro atoms. The minimum atomic E-state index is -0.108. The molecule has 5 nitrogen and oxygen atoms in total. The zero-order valence-corrected chi connectivity index (χ0v) is 8.05. The summed E-state index contributed by atoms with van der Waals surface area (Å²) in [5.74, 6) is -0.108. The summed E-state index contributed by atoms with van der Waals surface area (Å²) < 4.78 is 1.60. The van der Waals surface area contributed by atoms with Crippen molar-refractivity contribution in [2.24, 2.45) is 0 Å². The minimum Gasteiger partial charge on any atom is -0.348 e. The predicted molar refractivity (Wildman–Crippen MR) is 53.5 cm³/mol. The van der Waals surface area contributed by atoms with E-state index in [0.717, 1.165) is 12.8 Å². The van der Waals surface area contributed by atoms with Crippen LogP contribution in [0.4, 0.5) is 0 Å². The highest BCUT2D eigenvalue weighted by atomic mass is 16.2. The maximum absolute atomic E-state index is 11.7. The van der Waals surface area contributed by atoms with Gasteiger partial charge in [0.25, 0.3) is 5.91 Å². The Morgan fingerprint density at radius 3 is 3.13 bits per heavy atom. The molecule has 5 heteroatoms. The van der Waals surface area contributed by atoms with Gasteiger partial charge in [-0.1, -0.05) is 0 Å². The average Bonchev–Trinajstić information content (AvgIpc) is 2.95. The van der Waals surface area contributed by atoms with Crippen molar-refractivity contribution in [1.29, 1.82) is 0 Å². The molecule has 2 aromatic heterocycles. The molecular weight excluding hydrogens is 192 g/mol. The highest BCUT2D eigenvalue weighted by Gasteiger charge is 2.24. The fourth-order valence-electron chi connectivity index (χ4n) is 1.43. The summed E-state index contributed by atoms with van der Waals surface area (Å²) >= 11 is 0. The number of carbonyl (C=O) groups excluding carboxylic acids is 1. The van der Waals surface area contributed by atoms with Gasteiger partial charge in [-0.3, -0.25) is 4.79 Å². The normalized spacial score (nSPS) is 15.5. The highest BCUT2D eigenvalue weighted by molar-refractivity contribution is 5.93. The second kappa shape index (κ2) is 3.05. The molecule has 0 atom stereocenters. The zero-order valence-electron chi connectivity index (χ0n) is 8.05. The molecule has 2 heterocycles. The van der Waals surface area contributed by atoms with Gasteiger partial charge in [0.15, 0.2) is 11.3 Å². The molecular formula is C10H10N4O. The van der Waals surface area contributed by atoms with Crippen LogP contribution in [0.15, 0.2) is 24.5 Å². The van der Waals surface area contributed by atoms with Gasteiger partial charge in [0, 0.05) is 24.5 Å². The summed E-state index contributed by atoms with van der Waals surface area (Å²) in [6, 6.07) is 3.83. The third-order valence-corrected chi connectivity index (χ3v) is 2.38. The number of carbonyl (C=O) groups is 1. The zero-order chi connectivity index (χ0) is 10.3. The molecule has 1 saturated carbocycles. The van der Waals surface area contributed by atoms with Gasteiger partial charge in [-0.05, 0) is 18.9 Å². The topological polar surface area (TPSA) is 59.3 Å². The Kier molecular flexibility index (Phi) is 1.71. The molecule has 0 bridgehead atoms. The molecule has 1 aliphatic rings. The fraction of sp³-hybridized carbons (Fsp3) is 0.300. The Bertz CT molecular complexity index is 482. The largest absolute Gasteiger partial charge is 0.348 e. The molecule has 76 valence electrons. The number of amides is 1. The first-order valence-corrected chi connectivity index (χ1v) is 4.94. The van der Waals surface area contributed by atoms with E-state index in [9.17, 15) is 4.79 Å². The molecule has 0 aromatic carbocycles. The number of rotatable bonds is 2. The van der Waals surface area contributed by atoms with Crippen LogP contribution in [0, 0.1) is 0 Å². The van der Waals surface area contributed by atoms with Gasteiger partial charge in [-0.2, -0.15) is 5.10 Å². The SMILES string of the molecule is O=C(NC1CC1)c1cc2ncccn2n1. The Balaban J connectivity index is 1.92. The Morgan fingerprint density at radius 2 is 2.40 bits per heavy atom. The molecule has 0 aliphatic heterocycles. The van der Waals surface area contributed by atoms with Crippen molar-refractivity contribution >= 4 is 11.6 Å². The number of hydrogen-bond donors (Lipinski definition) is 1. The van der Waals surface area contributed by atoms with E-state index in [4.69, 9.17) is 0 Å². The van der Waals surface area contributed by atoms with Gasteiger partial charge in [-0.15, -0.1) is 0 Å². The molecule has 1 fully saturated rings. The lowest BCUT2D eigenvalue weighted by atomic mass is 10.4. The smallest absolute Gasteiger partial charge is 0.272 e. The molecule has 2 aromatic rings. The molecule has 3 rings (SSSR count). The van der Waals surface area contributed by atoms with Crippen molar-refractivity contribution in [1.82, 2.24) is 19.9 Å². The first kappa shape index (κ1) is 8.40. The summed E-state index contributed by atoms with van der Waals surface area (Å²) in [5, 5.41) is 7.02. The van der Waals surface area contributed by atoms with Gasteiger partial charge in [0.05, 0.1) is 0 Å². The molecule has 1 amide bonds. The van der Waals surface area contributed by atoms with E-state index in [-0.39, 0.29) is 5.91 Å². The first-order valence-electron chi connectivity index (χ1n) is 4.94. The third kappa shape index (κ3) is 1.56. The van der Waals surface area contributed by atoms with Crippen LogP contribution in [0.25, 0.3) is 5.65 Å². The number of aromatic nitrogens is 3. The summed E-state index contributed by atoms with van der Waals surface area (Å²) in [5.41, 5.74) is 1.12. The van der Waals surface area contributed by atoms with Crippen LogP contribution in [0.5, 0.6) is 0 Å². The fourth-order valence-corrected chi connectivity index (χ4v) is 1.43. The van der Waals surface area contributed by atoms with Gasteiger partial charge >= 0.3 is 0 Å². The quantitative estimate of drug-likeness (QED) is 0.776. The van der Waals surface area contributed by atoms with Crippen LogP contribution in [-0.2, 0) is 0 Å². The lowest BCUT2D eigenvalue weighted by Gasteiger charge is -1.97. The lowest BCUT2D eigenvalue weighted by Crippen LogP contribution is -2.25. The van der Waals surface area contributed by atoms with Crippen molar-refractivity contribution in [3.63, 3.8) is 0 Å². The van der Waals surface area contributed by atoms with Crippen LogP contribution in [-0.4, -0.2) is 26.5 Å². The van der Waals surface area contributed by atoms with Gasteiger partial charge in [-0.25, -0.2) is 9.50 Å². The van der Waals surface area contributed by atoms with E-state index in [1.54, 1.807) is 29.0 Å². The van der Waals surface area contributed by atoms with Gasteiger partial charge in [0.1, 0.15) is 0 Å². The number of nitrogens with one attached hydrogen (secondary N) is 1. The third-order valence-electron chi connectivity index (χ3n) is 2.38. The standard InChI is InChI=1S/C10H10N4O/c15-10(12-7-2-3-7)8-6-9-11-4-1-5-14(9)13-8/h1,4-7H,2-3H2,(H,12,15). The van der Waals surface area contributed by atoms with Crippen LogP contribution in [0.1, 0.15) is 23.3 Å². The van der Waals surface area contributed by atoms with Crippen molar-refractivity contribution in [2.45, 2.75) is 18.9 Å². The Morgan fingerprint density at radius 1 is 1.53 bits per heavy atom. The van der Waals surface area contributed by atoms with E-state index >= 15 is 0 Å². The molecule has 1 aliphatic carbocycles. The molecule has 0 saturated heterocycles. The maximum atomic E-state index is 11.7. The first-order chi connectivity index (χ1) is 7.33. The highest BCUT2D eigenvalue weighted by Crippen LogP contribution is 2.19. The van der Waals surface area contributed by atoms with Crippen LogP contribution >= 0.6 is 0 Å². The molecule has 0 radical (unpaired) electrons. The average molecular weight is 202 g/mol. The molecule has 15 heavy (non-hydrogen) atoms. The predicted octanol–water partition coefficient (Wildman–Crippen LogP) is 0.621. The second-order valence-electron chi connectivity index (χ2n) is 3.70.